The average Bonchev–Trinajstić information content (AvgIpc) is 3.76. The van der Waals surface area contributed by atoms with E-state index in [0.29, 0.717) is 39.4 Å². The number of thiazole rings is 2. The van der Waals surface area contributed by atoms with Gasteiger partial charge in [0.05, 0.1) is 5.69 Å². The molecular weight excluding hydrogens is 727 g/mol. The molecule has 10 nitrogen and oxygen atoms in total. The number of nitrogens with zero attached hydrogens (tertiary/aromatic N) is 4. The lowest BCUT2D eigenvalue weighted by molar-refractivity contribution is -0.106. The highest BCUT2D eigenvalue weighted by Crippen LogP contribution is 2.37. The van der Waals surface area contributed by atoms with Gasteiger partial charge in [-0.15, -0.1) is 22.7 Å². The summed E-state index contributed by atoms with van der Waals surface area (Å²) in [5.74, 6) is 1.56. The molecule has 0 spiro atoms. The summed E-state index contributed by atoms with van der Waals surface area (Å²) in [6, 6.07) is 14.6. The second-order valence-electron chi connectivity index (χ2n) is 11.1. The van der Waals surface area contributed by atoms with Crippen molar-refractivity contribution >= 4 is 74.2 Å². The Labute approximate surface area is 306 Å². The predicted octanol–water partition coefficient (Wildman–Crippen LogP) is 7.53. The van der Waals surface area contributed by atoms with Gasteiger partial charge >= 0.3 is 0 Å². The van der Waals surface area contributed by atoms with E-state index in [1.165, 1.54) is 35.5 Å². The van der Waals surface area contributed by atoms with Gasteiger partial charge < -0.3 is 5.11 Å². The maximum atomic E-state index is 12.7. The summed E-state index contributed by atoms with van der Waals surface area (Å²) in [7, 11) is 0. The molecule has 0 saturated carbocycles. The molecule has 3 N–H and O–H groups in total. The number of rotatable bonds is 5. The van der Waals surface area contributed by atoms with E-state index in [4.69, 9.17) is 34.8 Å². The van der Waals surface area contributed by atoms with Crippen LogP contribution in [0.3, 0.4) is 0 Å². The lowest BCUT2D eigenvalue weighted by atomic mass is 10.2. The summed E-state index contributed by atoms with van der Waals surface area (Å²) in [6.07, 6.45) is 4.57. The molecule has 15 heteroatoms. The van der Waals surface area contributed by atoms with Crippen molar-refractivity contribution in [2.24, 2.45) is 0 Å². The van der Waals surface area contributed by atoms with Gasteiger partial charge in [0.15, 0.2) is 0 Å². The molecule has 5 aromatic rings. The largest absolute Gasteiger partial charge is 0.493 e. The topological polar surface area (TPSA) is 131 Å². The number of carbonyl (C=O) groups is 1. The first kappa shape index (κ1) is 36.7. The molecule has 0 aliphatic carbocycles. The van der Waals surface area contributed by atoms with Gasteiger partial charge in [-0.3, -0.25) is 25.1 Å². The Bertz CT molecular complexity index is 2030. The number of aromatic nitrogens is 4. The monoisotopic (exact) mass is 758 g/mol. The number of halogens is 3. The van der Waals surface area contributed by atoms with Crippen LogP contribution >= 0.6 is 57.5 Å². The van der Waals surface area contributed by atoms with Crippen molar-refractivity contribution in [3.8, 4) is 38.3 Å². The maximum Gasteiger partial charge on any atom is 0.280 e. The van der Waals surface area contributed by atoms with Gasteiger partial charge in [0.25, 0.3) is 10.8 Å². The number of allylic oxidation sites excluding steroid dienone is 1. The van der Waals surface area contributed by atoms with Crippen LogP contribution in [0.25, 0.3) is 38.0 Å². The Morgan fingerprint density at radius 1 is 0.816 bits per heavy atom. The van der Waals surface area contributed by atoms with Crippen LogP contribution in [0.1, 0.15) is 41.1 Å². The van der Waals surface area contributed by atoms with E-state index in [1.807, 2.05) is 43.3 Å². The fourth-order valence-electron chi connectivity index (χ4n) is 5.23. The third-order valence-corrected chi connectivity index (χ3v) is 10.5. The fraction of sp³-hybridized carbons (Fsp3) is 0.294. The number of hydrogen-bond acceptors (Lipinski definition) is 10. The van der Waals surface area contributed by atoms with Crippen molar-refractivity contribution in [2.75, 3.05) is 13.1 Å². The van der Waals surface area contributed by atoms with Crippen molar-refractivity contribution in [3.05, 3.63) is 84.4 Å². The van der Waals surface area contributed by atoms with E-state index in [9.17, 15) is 19.5 Å². The first-order valence-electron chi connectivity index (χ1n) is 15.5. The highest BCUT2D eigenvalue weighted by Gasteiger charge is 2.26. The van der Waals surface area contributed by atoms with Crippen LogP contribution in [-0.2, 0) is 22.7 Å². The average molecular weight is 760 g/mol. The molecular formula is C34H33Cl3N6O4S2. The van der Waals surface area contributed by atoms with Crippen LogP contribution in [0, 0.1) is 13.8 Å². The molecule has 256 valence electrons. The molecule has 7 rings (SSSR count). The SMILES string of the molecule is C1CCNNC1.Cc1sc(-c2ccc(Cl)cc2)nc1-c1c(O)n2n(c1=O)CCCC2.Cc1sc(-c2ccc(Cl)cc2)nc1C(=C=O)C(=O)Cl. The number of aromatic hydroxyl groups is 1. The van der Waals surface area contributed by atoms with Gasteiger partial charge in [-0.05, 0) is 75.4 Å². The molecule has 3 aromatic heterocycles. The second-order valence-corrected chi connectivity index (χ2v) is 14.8. The maximum absolute atomic E-state index is 12.7. The number of nitrogens with one attached hydrogen (secondary N) is 2. The zero-order valence-corrected chi connectivity index (χ0v) is 30.6. The molecule has 0 unspecified atom stereocenters. The minimum atomic E-state index is -0.856. The van der Waals surface area contributed by atoms with Gasteiger partial charge in [-0.1, -0.05) is 47.5 Å². The molecule has 0 amide bonds. The van der Waals surface area contributed by atoms with E-state index in [-0.39, 0.29) is 22.7 Å². The minimum Gasteiger partial charge on any atom is -0.493 e. The number of aryl methyl sites for hydroxylation is 2. The Morgan fingerprint density at radius 3 is 1.80 bits per heavy atom. The number of hydrogen-bond donors (Lipinski definition) is 3. The first-order valence-corrected chi connectivity index (χ1v) is 18.3. The molecule has 2 aliphatic heterocycles. The van der Waals surface area contributed by atoms with Crippen molar-refractivity contribution < 1.29 is 14.7 Å². The lowest BCUT2D eigenvalue weighted by Crippen LogP contribution is -2.37. The molecule has 1 saturated heterocycles. The van der Waals surface area contributed by atoms with E-state index in [2.05, 4.69) is 20.8 Å². The molecule has 1 fully saturated rings. The molecule has 0 radical (unpaired) electrons. The molecule has 2 aliphatic rings. The smallest absolute Gasteiger partial charge is 0.280 e. The van der Waals surface area contributed by atoms with Crippen LogP contribution in [0.4, 0.5) is 0 Å². The Balaban J connectivity index is 0.000000167. The standard InChI is InChI=1S/C17H16ClN3O2S.C13H7Cl2NO2S.C4H10N2/c1-10-14(19-15(24-10)11-4-6-12(18)7-5-11)13-16(22)20-8-2-3-9-21(20)17(13)23;1-7-11(10(6-17)12(15)18)16-13(19-7)8-2-4-9(14)5-3-8;1-2-4-6-5-3-1/h4-7,22H,2-3,8-9H2,1H3;2-5H,1H3;5-6H,1-4H2. The highest BCUT2D eigenvalue weighted by atomic mass is 35.5. The van der Waals surface area contributed by atoms with Crippen LogP contribution in [0.2, 0.25) is 10.0 Å². The zero-order chi connectivity index (χ0) is 35.1. The molecule has 2 aromatic carbocycles. The summed E-state index contributed by atoms with van der Waals surface area (Å²) < 4.78 is 3.29. The summed E-state index contributed by atoms with van der Waals surface area (Å²) in [4.78, 5) is 45.2. The molecule has 0 atom stereocenters. The van der Waals surface area contributed by atoms with Crippen molar-refractivity contribution in [1.82, 2.24) is 30.2 Å². The van der Waals surface area contributed by atoms with Gasteiger partial charge in [-0.25, -0.2) is 19.4 Å². The number of carbonyl (C=O) groups excluding carboxylic acids is 2. The van der Waals surface area contributed by atoms with Crippen LogP contribution in [0.15, 0.2) is 53.3 Å². The number of benzene rings is 2. The Morgan fingerprint density at radius 2 is 1.33 bits per heavy atom. The molecule has 49 heavy (non-hydrogen) atoms. The zero-order valence-electron chi connectivity index (χ0n) is 26.7. The van der Waals surface area contributed by atoms with Crippen LogP contribution < -0.4 is 16.4 Å². The summed E-state index contributed by atoms with van der Waals surface area (Å²) in [5, 5.41) is 12.5. The highest BCUT2D eigenvalue weighted by molar-refractivity contribution is 7.15. The number of fused-ring (bicyclic) bond motifs is 1. The molecule has 0 bridgehead atoms. The number of hydrazine groups is 1. The summed E-state index contributed by atoms with van der Waals surface area (Å²) in [6.45, 7) is 7.27. The summed E-state index contributed by atoms with van der Waals surface area (Å²) >= 11 is 20.0. The van der Waals surface area contributed by atoms with Gasteiger partial charge in [0.2, 0.25) is 5.88 Å². The normalized spacial score (nSPS) is 13.7. The van der Waals surface area contributed by atoms with Crippen molar-refractivity contribution in [3.63, 3.8) is 0 Å². The van der Waals surface area contributed by atoms with Crippen LogP contribution in [0.5, 0.6) is 5.88 Å². The quantitative estimate of drug-likeness (QED) is 0.0953. The van der Waals surface area contributed by atoms with E-state index < -0.39 is 5.24 Å². The van der Waals surface area contributed by atoms with Crippen molar-refractivity contribution in [2.45, 2.75) is 52.6 Å². The summed E-state index contributed by atoms with van der Waals surface area (Å²) in [5.41, 5.74) is 8.63. The van der Waals surface area contributed by atoms with Gasteiger partial charge in [0, 0.05) is 57.1 Å². The second kappa shape index (κ2) is 16.9. The first-order chi connectivity index (χ1) is 23.6. The van der Waals surface area contributed by atoms with Gasteiger partial charge in [-0.2, -0.15) is 0 Å². The van der Waals surface area contributed by atoms with E-state index in [1.54, 1.807) is 34.4 Å². The third-order valence-electron chi connectivity index (χ3n) is 7.72. The Hall–Kier alpha value is -3.58. The van der Waals surface area contributed by atoms with Gasteiger partial charge in [0.1, 0.15) is 32.8 Å². The minimum absolute atomic E-state index is 0.0238. The van der Waals surface area contributed by atoms with E-state index in [0.717, 1.165) is 51.8 Å². The lowest BCUT2D eigenvalue weighted by Gasteiger charge is -2.16. The van der Waals surface area contributed by atoms with Crippen molar-refractivity contribution in [1.29, 1.82) is 0 Å². The molecule has 5 heterocycles. The Kier molecular flexibility index (Phi) is 12.6. The van der Waals surface area contributed by atoms with Crippen LogP contribution in [-0.4, -0.2) is 48.7 Å². The third kappa shape index (κ3) is 8.78. The fourth-order valence-corrected chi connectivity index (χ4v) is 7.46. The van der Waals surface area contributed by atoms with E-state index >= 15 is 0 Å². The predicted molar refractivity (Wildman–Crippen MR) is 198 cm³/mol.